The van der Waals surface area contributed by atoms with Crippen molar-refractivity contribution in [3.63, 3.8) is 0 Å². The zero-order chi connectivity index (χ0) is 27.7. The Labute approximate surface area is 212 Å². The first-order valence-corrected chi connectivity index (χ1v) is 12.3. The Balaban J connectivity index is 1.90. The first-order chi connectivity index (χ1) is 17.2. The van der Waals surface area contributed by atoms with Crippen LogP contribution in [0.15, 0.2) is 27.6 Å². The van der Waals surface area contributed by atoms with Gasteiger partial charge in [0.05, 0.1) is 18.3 Å². The van der Waals surface area contributed by atoms with E-state index < -0.39 is 56.8 Å². The number of ether oxygens (including phenoxy) is 1. The van der Waals surface area contributed by atoms with Gasteiger partial charge in [0.15, 0.2) is 22.7 Å². The highest BCUT2D eigenvalue weighted by Crippen LogP contribution is 2.33. The number of methoxy groups -OCH3 is 1. The number of aromatic hydroxyl groups is 1. The van der Waals surface area contributed by atoms with Crippen LogP contribution in [0.2, 0.25) is 0 Å². The van der Waals surface area contributed by atoms with Gasteiger partial charge < -0.3 is 30.9 Å². The van der Waals surface area contributed by atoms with Gasteiger partial charge in [-0.25, -0.2) is 4.98 Å². The molecule has 3 heterocycles. The van der Waals surface area contributed by atoms with Crippen molar-refractivity contribution in [2.24, 2.45) is 5.16 Å². The minimum atomic E-state index is -5.00. The summed E-state index contributed by atoms with van der Waals surface area (Å²) in [5.74, 6) is -2.71. The Kier molecular flexibility index (Phi) is 7.74. The highest BCUT2D eigenvalue weighted by molar-refractivity contribution is 7.80. The number of oxime groups is 1. The van der Waals surface area contributed by atoms with Crippen LogP contribution in [-0.2, 0) is 33.8 Å². The molecule has 0 bridgehead atoms. The molecular formula is C18H22N6O11S2. The molecule has 2 atom stereocenters. The summed E-state index contributed by atoms with van der Waals surface area (Å²) in [5, 5.41) is 27.5. The largest absolute Gasteiger partial charge is 0.503 e. The summed E-state index contributed by atoms with van der Waals surface area (Å²) in [6.07, 6.45) is -0.533. The zero-order valence-electron chi connectivity index (χ0n) is 19.4. The minimum absolute atomic E-state index is 0.0566. The number of aromatic nitrogens is 2. The first kappa shape index (κ1) is 27.8. The average Bonchev–Trinajstić information content (AvgIpc) is 3.22. The second-order valence-corrected chi connectivity index (χ2v) is 9.94. The fourth-order valence-electron chi connectivity index (χ4n) is 3.23. The normalized spacial score (nSPS) is 18.3. The number of nitrogen functional groups attached to an aromatic ring is 1. The molecule has 2 aromatic rings. The van der Waals surface area contributed by atoms with Crippen molar-refractivity contribution in [1.82, 2.24) is 20.1 Å². The summed E-state index contributed by atoms with van der Waals surface area (Å²) in [4.78, 5) is 46.7. The number of hydrogen-bond donors (Lipinski definition) is 5. The number of carbonyl (C=O) groups excluding carboxylic acids is 2. The molecule has 0 radical (unpaired) electrons. The third-order valence-corrected chi connectivity index (χ3v) is 6.07. The number of β-lactam (4-membered cyclic amide) rings is 1. The zero-order valence-corrected chi connectivity index (χ0v) is 21.0. The number of amides is 2. The first-order valence-electron chi connectivity index (χ1n) is 10.1. The Bertz CT molecular complexity index is 1400. The second-order valence-electron chi connectivity index (χ2n) is 8.05. The third-order valence-electron chi connectivity index (χ3n) is 5.06. The van der Waals surface area contributed by atoms with Crippen LogP contribution in [0.3, 0.4) is 0 Å². The van der Waals surface area contributed by atoms with E-state index in [2.05, 4.69) is 19.7 Å². The molecule has 0 aromatic carbocycles. The van der Waals surface area contributed by atoms with Gasteiger partial charge >= 0.3 is 10.4 Å². The number of hydroxylamine groups is 2. The molecule has 2 unspecified atom stereocenters. The third kappa shape index (κ3) is 5.97. The molecule has 0 spiro atoms. The van der Waals surface area contributed by atoms with Crippen LogP contribution < -0.4 is 16.5 Å². The molecule has 1 fully saturated rings. The molecule has 1 saturated heterocycles. The van der Waals surface area contributed by atoms with Crippen LogP contribution in [-0.4, -0.2) is 80.9 Å². The molecule has 17 nitrogen and oxygen atoms in total. The van der Waals surface area contributed by atoms with Crippen LogP contribution >= 0.6 is 11.3 Å². The van der Waals surface area contributed by atoms with Crippen LogP contribution in [0.5, 0.6) is 5.75 Å². The van der Waals surface area contributed by atoms with E-state index in [1.807, 2.05) is 0 Å². The van der Waals surface area contributed by atoms with Crippen molar-refractivity contribution in [3.8, 4) is 5.75 Å². The SMILES string of the molecule is COCC(O/N=C(\C(=O)NC1C(=O)N(OS(=O)(=O)O)C1(C)C)c1csc(N)n1)c1cc(=O)c(O)cn1O. The number of nitrogens with one attached hydrogen (secondary N) is 1. The summed E-state index contributed by atoms with van der Waals surface area (Å²) in [6.45, 7) is 2.45. The van der Waals surface area contributed by atoms with Crippen LogP contribution in [0.25, 0.3) is 0 Å². The smallest absolute Gasteiger partial charge is 0.418 e. The number of rotatable bonds is 10. The monoisotopic (exact) mass is 562 g/mol. The molecule has 3 rings (SSSR count). The van der Waals surface area contributed by atoms with Gasteiger partial charge in [0.2, 0.25) is 5.43 Å². The van der Waals surface area contributed by atoms with E-state index in [4.69, 9.17) is 19.9 Å². The van der Waals surface area contributed by atoms with Gasteiger partial charge in [-0.05, 0) is 13.8 Å². The van der Waals surface area contributed by atoms with Crippen molar-refractivity contribution < 1.29 is 46.7 Å². The van der Waals surface area contributed by atoms with Gasteiger partial charge in [-0.3, -0.25) is 18.9 Å². The number of thiazole rings is 1. The molecule has 202 valence electrons. The molecule has 19 heteroatoms. The fourth-order valence-corrected chi connectivity index (χ4v) is 4.23. The quantitative estimate of drug-likeness (QED) is 0.0750. The molecule has 37 heavy (non-hydrogen) atoms. The maximum absolute atomic E-state index is 13.1. The molecule has 1 aliphatic rings. The molecule has 0 saturated carbocycles. The molecule has 0 aliphatic carbocycles. The van der Waals surface area contributed by atoms with Crippen LogP contribution in [0.1, 0.15) is 31.3 Å². The van der Waals surface area contributed by atoms with Gasteiger partial charge in [0.25, 0.3) is 11.8 Å². The predicted molar refractivity (Wildman–Crippen MR) is 124 cm³/mol. The molecular weight excluding hydrogens is 540 g/mol. The lowest BCUT2D eigenvalue weighted by Gasteiger charge is -2.50. The lowest BCUT2D eigenvalue weighted by Crippen LogP contribution is -2.76. The Morgan fingerprint density at radius 2 is 2.08 bits per heavy atom. The van der Waals surface area contributed by atoms with Crippen molar-refractivity contribution in [2.75, 3.05) is 19.5 Å². The topological polar surface area (TPSA) is 245 Å². The maximum atomic E-state index is 13.1. The Morgan fingerprint density at radius 1 is 1.41 bits per heavy atom. The highest BCUT2D eigenvalue weighted by Gasteiger charge is 2.58. The fraction of sp³-hybridized carbons (Fsp3) is 0.389. The summed E-state index contributed by atoms with van der Waals surface area (Å²) >= 11 is 0.965. The van der Waals surface area contributed by atoms with Crippen molar-refractivity contribution in [1.29, 1.82) is 0 Å². The second kappa shape index (κ2) is 10.3. The molecule has 1 aliphatic heterocycles. The van der Waals surface area contributed by atoms with Crippen LogP contribution in [0.4, 0.5) is 5.13 Å². The van der Waals surface area contributed by atoms with E-state index in [1.165, 1.54) is 26.3 Å². The molecule has 2 amide bonds. The predicted octanol–water partition coefficient (Wildman–Crippen LogP) is -1.22. The molecule has 6 N–H and O–H groups in total. The Morgan fingerprint density at radius 3 is 2.62 bits per heavy atom. The number of hydrogen-bond acceptors (Lipinski definition) is 14. The van der Waals surface area contributed by atoms with Gasteiger partial charge in [0, 0.05) is 18.6 Å². The van der Waals surface area contributed by atoms with Crippen molar-refractivity contribution in [2.45, 2.75) is 31.5 Å². The van der Waals surface area contributed by atoms with Gasteiger partial charge in [-0.15, -0.1) is 15.6 Å². The van der Waals surface area contributed by atoms with Gasteiger partial charge in [-0.1, -0.05) is 5.16 Å². The van der Waals surface area contributed by atoms with Gasteiger partial charge in [-0.2, -0.15) is 18.2 Å². The van der Waals surface area contributed by atoms with E-state index in [9.17, 15) is 33.1 Å². The van der Waals surface area contributed by atoms with Gasteiger partial charge in [0.1, 0.15) is 17.4 Å². The number of carbonyl (C=O) groups is 2. The van der Waals surface area contributed by atoms with Crippen LogP contribution in [0, 0.1) is 0 Å². The molecule has 2 aromatic heterocycles. The van der Waals surface area contributed by atoms with E-state index in [0.29, 0.717) is 9.79 Å². The van der Waals surface area contributed by atoms with E-state index in [1.54, 1.807) is 0 Å². The number of nitrogens with zero attached hydrogens (tertiary/aromatic N) is 4. The summed E-state index contributed by atoms with van der Waals surface area (Å²) in [6, 6.07) is -0.438. The van der Waals surface area contributed by atoms with Crippen molar-refractivity contribution >= 4 is 44.4 Å². The van der Waals surface area contributed by atoms with E-state index in [-0.39, 0.29) is 23.1 Å². The summed E-state index contributed by atoms with van der Waals surface area (Å²) in [5.41, 5.74) is 2.70. The Hall–Kier alpha value is -3.78. The van der Waals surface area contributed by atoms with Crippen molar-refractivity contribution in [3.05, 3.63) is 39.3 Å². The number of anilines is 1. The number of nitrogens with two attached hydrogens (primary N) is 1. The maximum Gasteiger partial charge on any atom is 0.418 e. The van der Waals surface area contributed by atoms with E-state index >= 15 is 0 Å². The lowest BCUT2D eigenvalue weighted by atomic mass is 9.84. The average molecular weight is 563 g/mol. The summed E-state index contributed by atoms with van der Waals surface area (Å²) < 4.78 is 40.6. The minimum Gasteiger partial charge on any atom is -0.503 e. The lowest BCUT2D eigenvalue weighted by molar-refractivity contribution is -0.218. The number of pyridine rings is 1. The highest BCUT2D eigenvalue weighted by atomic mass is 32.3. The van der Waals surface area contributed by atoms with E-state index in [0.717, 1.165) is 23.6 Å². The summed E-state index contributed by atoms with van der Waals surface area (Å²) in [7, 11) is -3.71. The standard InChI is InChI=1S/C18H22N6O11S2/c1-18(2)14(16(28)24(18)35-37(30,31)32)21-15(27)13(8-7-36-17(19)20-8)22-34-12(6-33-3)9-4-10(25)11(26)5-23(9)29/h4-5,7,12,14,26,29H,6H2,1-3H3,(H2,19,20)(H,21,27)(H,30,31,32)/b22-13-.